The number of halogens is 1. The van der Waals surface area contributed by atoms with E-state index in [0.717, 1.165) is 5.56 Å². The van der Waals surface area contributed by atoms with Gasteiger partial charge in [-0.1, -0.05) is 46.3 Å². The highest BCUT2D eigenvalue weighted by Crippen LogP contribution is 2.34. The second-order valence-electron chi connectivity index (χ2n) is 4.71. The SMILES string of the molecule is CC(=O)CP(C)(C)=O.O=C(CBr)OCc1ccccc1. The van der Waals surface area contributed by atoms with Crippen molar-refractivity contribution in [2.75, 3.05) is 24.8 Å². The molecule has 0 saturated heterocycles. The van der Waals surface area contributed by atoms with Crippen molar-refractivity contribution in [1.29, 1.82) is 0 Å². The summed E-state index contributed by atoms with van der Waals surface area (Å²) in [5.41, 5.74) is 1.01. The average Bonchev–Trinajstić information content (AvgIpc) is 2.35. The first-order chi connectivity index (χ1) is 9.24. The fraction of sp³-hybridized carbons (Fsp3) is 0.429. The topological polar surface area (TPSA) is 60.4 Å². The van der Waals surface area contributed by atoms with Gasteiger partial charge in [-0.3, -0.25) is 9.59 Å². The number of hydrogen-bond donors (Lipinski definition) is 0. The molecule has 4 nitrogen and oxygen atoms in total. The molecule has 0 saturated carbocycles. The highest BCUT2D eigenvalue weighted by atomic mass is 79.9. The first kappa shape index (κ1) is 19.1. The summed E-state index contributed by atoms with van der Waals surface area (Å²) in [6.45, 7) is 5.05. The molecule has 1 aromatic carbocycles. The molecular weight excluding hydrogens is 343 g/mol. The van der Waals surface area contributed by atoms with Crippen LogP contribution in [0.2, 0.25) is 0 Å². The minimum atomic E-state index is -2.07. The molecule has 0 radical (unpaired) electrons. The van der Waals surface area contributed by atoms with Gasteiger partial charge in [-0.25, -0.2) is 0 Å². The number of carbonyl (C=O) groups excluding carboxylic acids is 2. The zero-order chi connectivity index (χ0) is 15.6. The number of ketones is 1. The molecule has 20 heavy (non-hydrogen) atoms. The van der Waals surface area contributed by atoms with Gasteiger partial charge < -0.3 is 9.30 Å². The van der Waals surface area contributed by atoms with Crippen molar-refractivity contribution in [3.05, 3.63) is 35.9 Å². The van der Waals surface area contributed by atoms with Crippen LogP contribution in [0.4, 0.5) is 0 Å². The lowest BCUT2D eigenvalue weighted by Gasteiger charge is -2.01. The van der Waals surface area contributed by atoms with Crippen molar-refractivity contribution in [2.24, 2.45) is 0 Å². The maximum Gasteiger partial charge on any atom is 0.316 e. The summed E-state index contributed by atoms with van der Waals surface area (Å²) in [4.78, 5) is 21.0. The van der Waals surface area contributed by atoms with Crippen molar-refractivity contribution >= 4 is 34.8 Å². The smallest absolute Gasteiger partial charge is 0.316 e. The van der Waals surface area contributed by atoms with E-state index in [-0.39, 0.29) is 23.2 Å². The van der Waals surface area contributed by atoms with E-state index in [4.69, 9.17) is 4.74 Å². The lowest BCUT2D eigenvalue weighted by atomic mass is 10.2. The molecule has 0 fully saturated rings. The highest BCUT2D eigenvalue weighted by Gasteiger charge is 2.08. The van der Waals surface area contributed by atoms with Gasteiger partial charge in [0.05, 0.1) is 13.3 Å². The number of rotatable bonds is 5. The quantitative estimate of drug-likeness (QED) is 0.458. The largest absolute Gasteiger partial charge is 0.460 e. The molecule has 0 aliphatic carbocycles. The summed E-state index contributed by atoms with van der Waals surface area (Å²) >= 11 is 3.01. The zero-order valence-corrected chi connectivity index (χ0v) is 14.4. The molecule has 0 aromatic heterocycles. The van der Waals surface area contributed by atoms with Crippen LogP contribution >= 0.6 is 23.1 Å². The lowest BCUT2D eigenvalue weighted by Crippen LogP contribution is -2.04. The summed E-state index contributed by atoms with van der Waals surface area (Å²) in [6.07, 6.45) is 0.243. The van der Waals surface area contributed by atoms with Crippen LogP contribution in [0.1, 0.15) is 12.5 Å². The zero-order valence-electron chi connectivity index (χ0n) is 12.0. The van der Waals surface area contributed by atoms with Gasteiger partial charge in [0, 0.05) is 0 Å². The molecule has 1 rings (SSSR count). The number of esters is 1. The molecule has 0 amide bonds. The average molecular weight is 363 g/mol. The summed E-state index contributed by atoms with van der Waals surface area (Å²) < 4.78 is 15.7. The highest BCUT2D eigenvalue weighted by molar-refractivity contribution is 9.09. The number of benzene rings is 1. The predicted molar refractivity (Wildman–Crippen MR) is 85.0 cm³/mol. The summed E-state index contributed by atoms with van der Waals surface area (Å²) in [5.74, 6) is -0.225. The molecule has 0 aliphatic heterocycles. The van der Waals surface area contributed by atoms with Gasteiger partial charge in [-0.05, 0) is 25.8 Å². The van der Waals surface area contributed by atoms with Crippen LogP contribution in [0.5, 0.6) is 0 Å². The fourth-order valence-corrected chi connectivity index (χ4v) is 2.55. The molecule has 6 heteroatoms. The van der Waals surface area contributed by atoms with Crippen LogP contribution in [-0.2, 0) is 25.5 Å². The van der Waals surface area contributed by atoms with Crippen molar-refractivity contribution in [3.63, 3.8) is 0 Å². The summed E-state index contributed by atoms with van der Waals surface area (Å²) in [6, 6.07) is 9.59. The molecule has 0 heterocycles. The predicted octanol–water partition coefficient (Wildman–Crippen LogP) is 3.32. The standard InChI is InChI=1S/C9H9BrO2.C5H11O2P/c10-6-9(11)12-7-8-4-2-1-3-5-8;1-5(6)4-8(2,3)7/h1-5H,6-7H2;4H2,1-3H3. The van der Waals surface area contributed by atoms with E-state index < -0.39 is 7.14 Å². The molecule has 112 valence electrons. The summed E-state index contributed by atoms with van der Waals surface area (Å²) in [7, 11) is -2.07. The monoisotopic (exact) mass is 362 g/mol. The molecule has 0 N–H and O–H groups in total. The van der Waals surface area contributed by atoms with E-state index in [9.17, 15) is 14.2 Å². The molecule has 0 aliphatic rings. The lowest BCUT2D eigenvalue weighted by molar-refractivity contribution is -0.141. The van der Waals surface area contributed by atoms with E-state index >= 15 is 0 Å². The fourth-order valence-electron chi connectivity index (χ4n) is 1.31. The first-order valence-electron chi connectivity index (χ1n) is 6.03. The van der Waals surface area contributed by atoms with E-state index in [1.807, 2.05) is 30.3 Å². The number of Topliss-reactive ketones (excluding diaryl/α,β-unsaturated/α-hetero) is 1. The van der Waals surface area contributed by atoms with E-state index in [1.165, 1.54) is 6.92 Å². The normalized spacial score (nSPS) is 10.2. The van der Waals surface area contributed by atoms with Gasteiger partial charge in [0.1, 0.15) is 17.7 Å². The molecule has 0 bridgehead atoms. The van der Waals surface area contributed by atoms with Crippen molar-refractivity contribution < 1.29 is 18.9 Å². The number of ether oxygens (including phenoxy) is 1. The van der Waals surface area contributed by atoms with Gasteiger partial charge in [-0.2, -0.15) is 0 Å². The Morgan fingerprint density at radius 3 is 2.10 bits per heavy atom. The Labute approximate surface area is 128 Å². The van der Waals surface area contributed by atoms with Gasteiger partial charge in [0.2, 0.25) is 0 Å². The summed E-state index contributed by atoms with van der Waals surface area (Å²) in [5, 5.41) is 0.250. The van der Waals surface area contributed by atoms with Crippen LogP contribution < -0.4 is 0 Å². The third kappa shape index (κ3) is 12.1. The van der Waals surface area contributed by atoms with Crippen LogP contribution in [-0.4, -0.2) is 36.6 Å². The molecule has 0 spiro atoms. The second kappa shape index (κ2) is 9.89. The minimum absolute atomic E-state index is 0.0123. The van der Waals surface area contributed by atoms with E-state index in [2.05, 4.69) is 15.9 Å². The van der Waals surface area contributed by atoms with Crippen molar-refractivity contribution in [1.82, 2.24) is 0 Å². The molecule has 0 unspecified atom stereocenters. The minimum Gasteiger partial charge on any atom is -0.460 e. The van der Waals surface area contributed by atoms with Gasteiger partial charge in [0.15, 0.2) is 0 Å². The molecular formula is C14H20BrO4P. The van der Waals surface area contributed by atoms with Gasteiger partial charge in [0.25, 0.3) is 0 Å². The third-order valence-corrected chi connectivity index (χ3v) is 3.62. The Morgan fingerprint density at radius 2 is 1.75 bits per heavy atom. The first-order valence-corrected chi connectivity index (χ1v) is 9.94. The van der Waals surface area contributed by atoms with Crippen molar-refractivity contribution in [2.45, 2.75) is 13.5 Å². The van der Waals surface area contributed by atoms with Crippen LogP contribution in [0.3, 0.4) is 0 Å². The Kier molecular flexibility index (Phi) is 9.43. The third-order valence-electron chi connectivity index (χ3n) is 1.96. The van der Waals surface area contributed by atoms with Crippen LogP contribution in [0, 0.1) is 0 Å². The Balaban J connectivity index is 0.000000396. The van der Waals surface area contributed by atoms with Gasteiger partial charge >= 0.3 is 5.97 Å². The van der Waals surface area contributed by atoms with E-state index in [1.54, 1.807) is 13.3 Å². The second-order valence-corrected chi connectivity index (χ2v) is 8.74. The number of alkyl halides is 1. The van der Waals surface area contributed by atoms with Gasteiger partial charge in [-0.15, -0.1) is 0 Å². The maximum atomic E-state index is 10.8. The van der Waals surface area contributed by atoms with E-state index in [0.29, 0.717) is 6.61 Å². The maximum absolute atomic E-state index is 10.8. The molecule has 1 aromatic rings. The Hall–Kier alpha value is -0.930. The number of carbonyl (C=O) groups is 2. The Bertz CT molecular complexity index is 467. The van der Waals surface area contributed by atoms with Crippen LogP contribution in [0.15, 0.2) is 30.3 Å². The van der Waals surface area contributed by atoms with Crippen molar-refractivity contribution in [3.8, 4) is 0 Å². The Morgan fingerprint density at radius 1 is 1.20 bits per heavy atom. The number of hydrogen-bond acceptors (Lipinski definition) is 4. The molecule has 0 atom stereocenters. The van der Waals surface area contributed by atoms with Crippen LogP contribution in [0.25, 0.3) is 0 Å².